The molecule has 1 fully saturated rings. The molecule has 29 heavy (non-hydrogen) atoms. The standard InChI is InChI=1S/C21H18F2N2O4/c22-20(23)28-18-5-4-16(17-10-21(29-25-17)6-7-26-13-21)9-19(18)27-12-15-3-1-2-14(8-15)11-24/h1-5,8-10,20,25H,6-7,12-13H2. The Morgan fingerprint density at radius 2 is 2.10 bits per heavy atom. The largest absolute Gasteiger partial charge is 0.485 e. The molecule has 0 amide bonds. The fourth-order valence-electron chi connectivity index (χ4n) is 3.25. The second-order valence-corrected chi connectivity index (χ2v) is 6.77. The normalized spacial score (nSPS) is 20.4. The summed E-state index contributed by atoms with van der Waals surface area (Å²) in [6.45, 7) is -1.81. The van der Waals surface area contributed by atoms with Gasteiger partial charge in [0.2, 0.25) is 0 Å². The fourth-order valence-corrected chi connectivity index (χ4v) is 3.25. The molecule has 0 bridgehead atoms. The molecule has 1 saturated heterocycles. The first-order chi connectivity index (χ1) is 14.1. The summed E-state index contributed by atoms with van der Waals surface area (Å²) in [7, 11) is 0. The van der Waals surface area contributed by atoms with Crippen LogP contribution in [0.3, 0.4) is 0 Å². The molecule has 1 unspecified atom stereocenters. The predicted molar refractivity (Wildman–Crippen MR) is 98.9 cm³/mol. The third-order valence-corrected chi connectivity index (χ3v) is 4.71. The number of nitrogens with zero attached hydrogens (tertiary/aromatic N) is 1. The van der Waals surface area contributed by atoms with Crippen molar-refractivity contribution in [3.63, 3.8) is 0 Å². The highest BCUT2D eigenvalue weighted by atomic mass is 19.3. The van der Waals surface area contributed by atoms with Gasteiger partial charge in [0, 0.05) is 18.6 Å². The van der Waals surface area contributed by atoms with E-state index in [0.29, 0.717) is 30.0 Å². The monoisotopic (exact) mass is 400 g/mol. The number of hydrogen-bond donors (Lipinski definition) is 1. The van der Waals surface area contributed by atoms with Crippen LogP contribution in [0.5, 0.6) is 11.5 Å². The van der Waals surface area contributed by atoms with E-state index in [1.54, 1.807) is 36.4 Å². The highest BCUT2D eigenvalue weighted by Gasteiger charge is 2.39. The van der Waals surface area contributed by atoms with Gasteiger partial charge in [-0.2, -0.15) is 14.0 Å². The van der Waals surface area contributed by atoms with Crippen LogP contribution in [-0.2, 0) is 16.2 Å². The Balaban J connectivity index is 1.58. The zero-order valence-electron chi connectivity index (χ0n) is 15.4. The summed E-state index contributed by atoms with van der Waals surface area (Å²) in [5.41, 5.74) is 5.01. The Bertz CT molecular complexity index is 965. The minimum absolute atomic E-state index is 0.0707. The first-order valence-corrected chi connectivity index (χ1v) is 9.03. The van der Waals surface area contributed by atoms with Gasteiger partial charge in [-0.3, -0.25) is 10.3 Å². The summed E-state index contributed by atoms with van der Waals surface area (Å²) in [5, 5.41) is 9.01. The van der Waals surface area contributed by atoms with E-state index in [1.807, 2.05) is 6.08 Å². The van der Waals surface area contributed by atoms with Crippen molar-refractivity contribution in [3.05, 3.63) is 65.2 Å². The first kappa shape index (κ1) is 19.2. The quantitative estimate of drug-likeness (QED) is 0.796. The maximum Gasteiger partial charge on any atom is 0.387 e. The van der Waals surface area contributed by atoms with Gasteiger partial charge in [-0.05, 0) is 42.0 Å². The predicted octanol–water partition coefficient (Wildman–Crippen LogP) is 3.77. The van der Waals surface area contributed by atoms with Crippen molar-refractivity contribution >= 4 is 5.70 Å². The summed E-state index contributed by atoms with van der Waals surface area (Å²) in [6.07, 6.45) is 2.66. The van der Waals surface area contributed by atoms with Gasteiger partial charge in [-0.15, -0.1) is 0 Å². The lowest BCUT2D eigenvalue weighted by Crippen LogP contribution is -2.29. The van der Waals surface area contributed by atoms with Crippen LogP contribution >= 0.6 is 0 Å². The number of nitrogens with one attached hydrogen (secondary N) is 1. The van der Waals surface area contributed by atoms with Gasteiger partial charge in [0.25, 0.3) is 0 Å². The molecule has 1 N–H and O–H groups in total. The van der Waals surface area contributed by atoms with E-state index in [9.17, 15) is 8.78 Å². The molecule has 1 atom stereocenters. The molecule has 150 valence electrons. The lowest BCUT2D eigenvalue weighted by atomic mass is 10.0. The molecule has 0 aliphatic carbocycles. The van der Waals surface area contributed by atoms with Crippen LogP contribution in [0.15, 0.2) is 48.5 Å². The molecule has 0 saturated carbocycles. The van der Waals surface area contributed by atoms with E-state index in [-0.39, 0.29) is 18.1 Å². The minimum Gasteiger partial charge on any atom is -0.485 e. The van der Waals surface area contributed by atoms with Crippen molar-refractivity contribution in [2.75, 3.05) is 13.2 Å². The van der Waals surface area contributed by atoms with E-state index >= 15 is 0 Å². The van der Waals surface area contributed by atoms with Crippen molar-refractivity contribution in [1.29, 1.82) is 5.26 Å². The van der Waals surface area contributed by atoms with E-state index in [1.165, 1.54) is 6.07 Å². The van der Waals surface area contributed by atoms with E-state index in [2.05, 4.69) is 16.3 Å². The van der Waals surface area contributed by atoms with Crippen LogP contribution in [0.2, 0.25) is 0 Å². The van der Waals surface area contributed by atoms with Crippen LogP contribution in [0.4, 0.5) is 8.78 Å². The maximum atomic E-state index is 12.8. The second-order valence-electron chi connectivity index (χ2n) is 6.77. The summed E-state index contributed by atoms with van der Waals surface area (Å²) in [4.78, 5) is 5.67. The Labute approximate surface area is 166 Å². The van der Waals surface area contributed by atoms with Crippen molar-refractivity contribution in [2.24, 2.45) is 0 Å². The summed E-state index contributed by atoms with van der Waals surface area (Å²) in [5.74, 6) is 0.0927. The Kier molecular flexibility index (Phi) is 5.34. The third kappa shape index (κ3) is 4.31. The molecule has 2 aliphatic heterocycles. The molecule has 0 radical (unpaired) electrons. The SMILES string of the molecule is N#Cc1cccc(COc2cc(C3=CC4(CCOC4)ON3)ccc2OC(F)F)c1. The molecule has 2 aliphatic rings. The zero-order valence-corrected chi connectivity index (χ0v) is 15.4. The molecular formula is C21H18F2N2O4. The van der Waals surface area contributed by atoms with Crippen molar-refractivity contribution < 1.29 is 27.8 Å². The Morgan fingerprint density at radius 1 is 1.21 bits per heavy atom. The number of rotatable bonds is 6. The van der Waals surface area contributed by atoms with Gasteiger partial charge >= 0.3 is 6.61 Å². The van der Waals surface area contributed by atoms with Gasteiger partial charge in [0.15, 0.2) is 11.5 Å². The molecule has 2 aromatic rings. The van der Waals surface area contributed by atoms with E-state index in [0.717, 1.165) is 12.0 Å². The number of alkyl halides is 2. The van der Waals surface area contributed by atoms with Crippen molar-refractivity contribution in [2.45, 2.75) is 25.2 Å². The lowest BCUT2D eigenvalue weighted by Gasteiger charge is -2.15. The molecule has 6 nitrogen and oxygen atoms in total. The minimum atomic E-state index is -2.98. The van der Waals surface area contributed by atoms with Crippen LogP contribution in [0, 0.1) is 11.3 Å². The molecular weight excluding hydrogens is 382 g/mol. The zero-order chi connectivity index (χ0) is 20.3. The topological polar surface area (TPSA) is 72.7 Å². The van der Waals surface area contributed by atoms with Crippen molar-refractivity contribution in [3.8, 4) is 17.6 Å². The van der Waals surface area contributed by atoms with Crippen LogP contribution in [0.1, 0.15) is 23.1 Å². The summed E-state index contributed by atoms with van der Waals surface area (Å²) in [6, 6.07) is 13.6. The summed E-state index contributed by atoms with van der Waals surface area (Å²) >= 11 is 0. The molecule has 8 heteroatoms. The fraction of sp³-hybridized carbons (Fsp3) is 0.286. The highest BCUT2D eigenvalue weighted by molar-refractivity contribution is 5.68. The maximum absolute atomic E-state index is 12.8. The number of benzene rings is 2. The van der Waals surface area contributed by atoms with Crippen LogP contribution < -0.4 is 15.0 Å². The molecule has 2 heterocycles. The van der Waals surface area contributed by atoms with Crippen LogP contribution in [0.25, 0.3) is 5.70 Å². The Morgan fingerprint density at radius 3 is 2.86 bits per heavy atom. The highest BCUT2D eigenvalue weighted by Crippen LogP contribution is 2.36. The number of hydrogen-bond acceptors (Lipinski definition) is 6. The number of hydroxylamine groups is 1. The molecule has 2 aromatic carbocycles. The van der Waals surface area contributed by atoms with Crippen molar-refractivity contribution in [1.82, 2.24) is 5.48 Å². The van der Waals surface area contributed by atoms with Gasteiger partial charge in [0.05, 0.1) is 23.9 Å². The Hall–Kier alpha value is -3.15. The van der Waals surface area contributed by atoms with Crippen LogP contribution in [-0.4, -0.2) is 25.4 Å². The van der Waals surface area contributed by atoms with E-state index in [4.69, 9.17) is 19.6 Å². The smallest absolute Gasteiger partial charge is 0.387 e. The van der Waals surface area contributed by atoms with Gasteiger partial charge < -0.3 is 14.2 Å². The molecule has 0 aromatic heterocycles. The third-order valence-electron chi connectivity index (χ3n) is 4.71. The van der Waals surface area contributed by atoms with Gasteiger partial charge in [-0.1, -0.05) is 12.1 Å². The number of ether oxygens (including phenoxy) is 3. The average molecular weight is 400 g/mol. The van der Waals surface area contributed by atoms with Gasteiger partial charge in [0.1, 0.15) is 12.2 Å². The lowest BCUT2D eigenvalue weighted by molar-refractivity contribution is -0.0516. The summed E-state index contributed by atoms with van der Waals surface area (Å²) < 4.78 is 41.3. The second kappa shape index (κ2) is 8.07. The van der Waals surface area contributed by atoms with E-state index < -0.39 is 12.2 Å². The number of halogens is 2. The average Bonchev–Trinajstić information content (AvgIpc) is 3.37. The first-order valence-electron chi connectivity index (χ1n) is 9.03. The molecule has 4 rings (SSSR count). The van der Waals surface area contributed by atoms with Gasteiger partial charge in [-0.25, -0.2) is 0 Å². The molecule has 1 spiro atoms. The number of nitriles is 1.